The normalized spacial score (nSPS) is 35.2. The summed E-state index contributed by atoms with van der Waals surface area (Å²) in [5.74, 6) is -3.27. The van der Waals surface area contributed by atoms with E-state index in [-0.39, 0.29) is 34.1 Å². The molecule has 11 atom stereocenters. The molecular formula is C27H30O17. The van der Waals surface area contributed by atoms with Crippen molar-refractivity contribution in [1.82, 2.24) is 0 Å². The van der Waals surface area contributed by atoms with Gasteiger partial charge < -0.3 is 79.9 Å². The molecule has 3 aliphatic rings. The minimum absolute atomic E-state index is 0.0188. The predicted octanol–water partition coefficient (Wildman–Crippen LogP) is -2.99. The molecule has 0 spiro atoms. The summed E-state index contributed by atoms with van der Waals surface area (Å²) in [5, 5.41) is 111. The Labute approximate surface area is 247 Å². The van der Waals surface area contributed by atoms with Gasteiger partial charge in [-0.1, -0.05) is 0 Å². The Morgan fingerprint density at radius 2 is 1.43 bits per heavy atom. The lowest BCUT2D eigenvalue weighted by molar-refractivity contribution is -0.277. The average Bonchev–Trinajstić information content (AvgIpc) is 2.97. The van der Waals surface area contributed by atoms with Crippen LogP contribution in [0.2, 0.25) is 0 Å². The Morgan fingerprint density at radius 3 is 2.07 bits per heavy atom. The molecule has 17 nitrogen and oxygen atoms in total. The van der Waals surface area contributed by atoms with Gasteiger partial charge in [-0.2, -0.15) is 0 Å². The molecule has 2 aromatic carbocycles. The van der Waals surface area contributed by atoms with Crippen LogP contribution in [0.4, 0.5) is 0 Å². The Bertz CT molecular complexity index is 1410. The quantitative estimate of drug-likeness (QED) is 0.146. The first-order chi connectivity index (χ1) is 20.8. The van der Waals surface area contributed by atoms with Gasteiger partial charge in [0.05, 0.1) is 12.2 Å². The molecule has 0 radical (unpaired) electrons. The number of aliphatic hydroxyl groups excluding tert-OH is 8. The zero-order valence-electron chi connectivity index (χ0n) is 22.4. The summed E-state index contributed by atoms with van der Waals surface area (Å²) in [6.45, 7) is -0.685. The van der Waals surface area contributed by atoms with Crippen LogP contribution in [0.5, 0.6) is 28.7 Å². The van der Waals surface area contributed by atoms with Crippen LogP contribution in [0, 0.1) is 0 Å². The first-order valence-corrected chi connectivity index (χ1v) is 13.1. The third kappa shape index (κ3) is 5.85. The molecule has 3 aliphatic heterocycles. The van der Waals surface area contributed by atoms with Crippen molar-refractivity contribution in [2.45, 2.75) is 67.5 Å². The van der Waals surface area contributed by atoms with Crippen molar-refractivity contribution in [2.24, 2.45) is 0 Å². The Hall–Kier alpha value is -3.75. The number of phenols is 2. The summed E-state index contributed by atoms with van der Waals surface area (Å²) in [4.78, 5) is 11.4. The van der Waals surface area contributed by atoms with E-state index in [4.69, 9.17) is 23.7 Å². The molecule has 2 aromatic rings. The molecular weight excluding hydrogens is 596 g/mol. The number of benzene rings is 2. The highest BCUT2D eigenvalue weighted by Crippen LogP contribution is 2.45. The van der Waals surface area contributed by atoms with Gasteiger partial charge >= 0.3 is 5.97 Å². The van der Waals surface area contributed by atoms with Gasteiger partial charge in [0.25, 0.3) is 0 Å². The molecule has 17 heteroatoms. The number of carbonyl (C=O) groups is 1. The van der Waals surface area contributed by atoms with Gasteiger partial charge in [0.2, 0.25) is 12.6 Å². The van der Waals surface area contributed by atoms with Crippen LogP contribution in [-0.4, -0.2) is 130 Å². The molecule has 11 N–H and O–H groups in total. The third-order valence-corrected chi connectivity index (χ3v) is 7.32. The lowest BCUT2D eigenvalue weighted by Gasteiger charge is -2.39. The second kappa shape index (κ2) is 12.3. The monoisotopic (exact) mass is 626 g/mol. The molecule has 0 bridgehead atoms. The van der Waals surface area contributed by atoms with Crippen LogP contribution in [-0.2, 0) is 14.3 Å². The molecule has 0 amide bonds. The van der Waals surface area contributed by atoms with Gasteiger partial charge in [-0.25, -0.2) is 4.79 Å². The van der Waals surface area contributed by atoms with Gasteiger partial charge in [0, 0.05) is 17.7 Å². The van der Waals surface area contributed by atoms with Crippen LogP contribution in [0.15, 0.2) is 36.4 Å². The van der Waals surface area contributed by atoms with E-state index >= 15 is 0 Å². The molecule has 0 aromatic heterocycles. The number of rotatable bonds is 7. The second-order valence-electron chi connectivity index (χ2n) is 10.3. The van der Waals surface area contributed by atoms with Crippen LogP contribution in [0.3, 0.4) is 0 Å². The lowest BCUT2D eigenvalue weighted by atomic mass is 9.99. The SMILES string of the molecule is O=C(O)C1OC(Oc2cc(O)c3c(c2)OC(c2ccc(OC4OC(CO)C(O)C(O)C4O)c(O)c2)=CC3O)C(O)C(O)C1O. The molecule has 3 heterocycles. The van der Waals surface area contributed by atoms with E-state index in [9.17, 15) is 61.0 Å². The van der Waals surface area contributed by atoms with Crippen molar-refractivity contribution in [1.29, 1.82) is 0 Å². The summed E-state index contributed by atoms with van der Waals surface area (Å²) >= 11 is 0. The number of hydrogen-bond donors (Lipinski definition) is 11. The summed E-state index contributed by atoms with van der Waals surface area (Å²) in [6.07, 6.45) is -17.6. The van der Waals surface area contributed by atoms with E-state index in [0.717, 1.165) is 12.1 Å². The lowest BCUT2D eigenvalue weighted by Crippen LogP contribution is -2.61. The van der Waals surface area contributed by atoms with Crippen molar-refractivity contribution in [3.8, 4) is 28.7 Å². The van der Waals surface area contributed by atoms with Crippen molar-refractivity contribution < 1.29 is 84.7 Å². The molecule has 0 saturated carbocycles. The van der Waals surface area contributed by atoms with E-state index in [1.807, 2.05) is 0 Å². The highest BCUT2D eigenvalue weighted by atomic mass is 16.7. The summed E-state index contributed by atoms with van der Waals surface area (Å²) in [6, 6.07) is 5.98. The van der Waals surface area contributed by atoms with Gasteiger partial charge in [-0.3, -0.25) is 0 Å². The minimum Gasteiger partial charge on any atom is -0.507 e. The van der Waals surface area contributed by atoms with E-state index in [0.29, 0.717) is 0 Å². The molecule has 11 unspecified atom stereocenters. The first kappa shape index (κ1) is 31.7. The van der Waals surface area contributed by atoms with Crippen molar-refractivity contribution >= 4 is 11.7 Å². The van der Waals surface area contributed by atoms with E-state index in [1.54, 1.807) is 0 Å². The smallest absolute Gasteiger partial charge is 0.335 e. The average molecular weight is 627 g/mol. The summed E-state index contributed by atoms with van der Waals surface area (Å²) < 4.78 is 27.1. The van der Waals surface area contributed by atoms with Crippen LogP contribution in [0.1, 0.15) is 17.2 Å². The number of carboxylic acid groups (broad SMARTS) is 1. The van der Waals surface area contributed by atoms with Gasteiger partial charge in [-0.05, 0) is 24.3 Å². The molecule has 240 valence electrons. The van der Waals surface area contributed by atoms with Crippen molar-refractivity contribution in [2.75, 3.05) is 6.61 Å². The fraction of sp³-hybridized carbons (Fsp3) is 0.444. The Morgan fingerprint density at radius 1 is 0.773 bits per heavy atom. The van der Waals surface area contributed by atoms with E-state index in [2.05, 4.69) is 0 Å². The van der Waals surface area contributed by atoms with Crippen molar-refractivity contribution in [3.63, 3.8) is 0 Å². The Kier molecular flexibility index (Phi) is 8.87. The van der Waals surface area contributed by atoms with E-state index < -0.39 is 91.6 Å². The fourth-order valence-corrected chi connectivity index (χ4v) is 4.92. The zero-order valence-corrected chi connectivity index (χ0v) is 22.4. The Balaban J connectivity index is 1.34. The number of aliphatic carboxylic acids is 1. The highest BCUT2D eigenvalue weighted by molar-refractivity contribution is 5.73. The minimum atomic E-state index is -1.95. The first-order valence-electron chi connectivity index (χ1n) is 13.1. The van der Waals surface area contributed by atoms with Crippen molar-refractivity contribution in [3.05, 3.63) is 47.5 Å². The maximum Gasteiger partial charge on any atom is 0.335 e. The fourth-order valence-electron chi connectivity index (χ4n) is 4.92. The molecule has 44 heavy (non-hydrogen) atoms. The number of hydrogen-bond acceptors (Lipinski definition) is 16. The van der Waals surface area contributed by atoms with Crippen LogP contribution in [0.25, 0.3) is 5.76 Å². The third-order valence-electron chi connectivity index (χ3n) is 7.32. The maximum atomic E-state index is 11.4. The molecule has 2 saturated heterocycles. The maximum absolute atomic E-state index is 11.4. The number of aliphatic hydroxyl groups is 8. The van der Waals surface area contributed by atoms with Crippen LogP contribution >= 0.6 is 0 Å². The number of phenolic OH excluding ortho intramolecular Hbond substituents is 2. The standard InChI is InChI=1S/C27H30O17/c28-7-16-18(32)19(33)22(36)27(43-16)42-13-2-1-8(3-10(13)29)14-6-12(31)17-11(30)4-9(5-15(17)41-14)40-26-23(37)20(34)21(35)24(44-26)25(38)39/h1-6,12,16,18-24,26-37H,7H2,(H,38,39). The number of ether oxygens (including phenoxy) is 5. The number of carboxylic acids is 1. The topological polar surface area (TPSA) is 286 Å². The van der Waals surface area contributed by atoms with E-state index in [1.165, 1.54) is 24.3 Å². The highest BCUT2D eigenvalue weighted by Gasteiger charge is 2.48. The largest absolute Gasteiger partial charge is 0.507 e. The molecule has 0 aliphatic carbocycles. The predicted molar refractivity (Wildman–Crippen MR) is 139 cm³/mol. The summed E-state index contributed by atoms with van der Waals surface area (Å²) in [5.41, 5.74) is 0.100. The molecule has 2 fully saturated rings. The number of aromatic hydroxyl groups is 2. The van der Waals surface area contributed by atoms with Gasteiger partial charge in [-0.15, -0.1) is 0 Å². The zero-order chi connectivity index (χ0) is 32.0. The van der Waals surface area contributed by atoms with Gasteiger partial charge in [0.15, 0.2) is 17.6 Å². The van der Waals surface area contributed by atoms with Crippen LogP contribution < -0.4 is 14.2 Å². The second-order valence-corrected chi connectivity index (χ2v) is 10.3. The van der Waals surface area contributed by atoms with Gasteiger partial charge in [0.1, 0.15) is 71.8 Å². The number of fused-ring (bicyclic) bond motifs is 1. The molecule has 5 rings (SSSR count). The summed E-state index contributed by atoms with van der Waals surface area (Å²) in [7, 11) is 0.